The smallest absolute Gasteiger partial charge is 0.319 e. The maximum Gasteiger partial charge on any atom is 0.319 e. The molecule has 0 bridgehead atoms. The first kappa shape index (κ1) is 12.1. The molecule has 0 aliphatic heterocycles. The van der Waals surface area contributed by atoms with Crippen molar-refractivity contribution in [3.63, 3.8) is 0 Å². The van der Waals surface area contributed by atoms with Crippen LogP contribution < -0.4 is 0 Å². The van der Waals surface area contributed by atoms with Crippen LogP contribution in [-0.2, 0) is 14.3 Å². The third-order valence-electron chi connectivity index (χ3n) is 2.61. The molecule has 1 unspecified atom stereocenters. The summed E-state index contributed by atoms with van der Waals surface area (Å²) in [5.41, 5.74) is -0.583. The lowest BCUT2D eigenvalue weighted by molar-refractivity contribution is -0.166. The number of rotatable bonds is 3. The molecular weight excluding hydrogens is 168 g/mol. The molecule has 0 N–H and O–H groups in total. The predicted molar refractivity (Wildman–Crippen MR) is 50.0 cm³/mol. The fraction of sp³-hybridized carbons (Fsp3) is 0.800. The largest absolute Gasteiger partial charge is 0.393 e. The minimum Gasteiger partial charge on any atom is -0.393 e. The normalized spacial score (nSPS) is 13.6. The van der Waals surface area contributed by atoms with E-state index in [1.807, 2.05) is 13.8 Å². The first-order valence-electron chi connectivity index (χ1n) is 4.55. The Morgan fingerprint density at radius 3 is 2.15 bits per heavy atom. The summed E-state index contributed by atoms with van der Waals surface area (Å²) >= 11 is 0. The maximum absolute atomic E-state index is 11.4. The van der Waals surface area contributed by atoms with E-state index in [0.29, 0.717) is 0 Å². The summed E-state index contributed by atoms with van der Waals surface area (Å²) in [6.45, 7) is 8.82. The monoisotopic (exact) mass is 186 g/mol. The van der Waals surface area contributed by atoms with Crippen LogP contribution >= 0.6 is 0 Å². The van der Waals surface area contributed by atoms with Gasteiger partial charge >= 0.3 is 11.9 Å². The second kappa shape index (κ2) is 4.40. The van der Waals surface area contributed by atoms with E-state index < -0.39 is 17.4 Å². The molecule has 0 aromatic rings. The van der Waals surface area contributed by atoms with E-state index in [2.05, 4.69) is 4.74 Å². The lowest BCUT2D eigenvalue weighted by Gasteiger charge is -2.27. The molecule has 0 aromatic heterocycles. The molecule has 3 nitrogen and oxygen atoms in total. The van der Waals surface area contributed by atoms with Crippen LogP contribution in [0, 0.1) is 11.3 Å². The third-order valence-corrected chi connectivity index (χ3v) is 2.61. The Kier molecular flexibility index (Phi) is 4.11. The van der Waals surface area contributed by atoms with Gasteiger partial charge in [0.05, 0.1) is 5.41 Å². The lowest BCUT2D eigenvalue weighted by Crippen LogP contribution is -2.33. The Labute approximate surface area is 79.5 Å². The standard InChI is InChI=1S/C10H18O3/c1-6-7(2)10(4,5)9(12)13-8(3)11/h7H,6H2,1-5H3. The zero-order valence-corrected chi connectivity index (χ0v) is 9.01. The van der Waals surface area contributed by atoms with Crippen LogP contribution in [0.3, 0.4) is 0 Å². The van der Waals surface area contributed by atoms with E-state index in [1.54, 1.807) is 13.8 Å². The van der Waals surface area contributed by atoms with Gasteiger partial charge in [0.2, 0.25) is 0 Å². The van der Waals surface area contributed by atoms with Crippen molar-refractivity contribution in [2.24, 2.45) is 11.3 Å². The Morgan fingerprint density at radius 1 is 1.38 bits per heavy atom. The molecule has 0 fully saturated rings. The second-order valence-corrected chi connectivity index (χ2v) is 3.91. The molecule has 0 spiro atoms. The van der Waals surface area contributed by atoms with Gasteiger partial charge in [0, 0.05) is 6.92 Å². The van der Waals surface area contributed by atoms with E-state index in [9.17, 15) is 9.59 Å². The van der Waals surface area contributed by atoms with E-state index in [0.717, 1.165) is 6.42 Å². The van der Waals surface area contributed by atoms with Gasteiger partial charge in [-0.15, -0.1) is 0 Å². The molecule has 0 saturated heterocycles. The first-order chi connectivity index (χ1) is 5.82. The van der Waals surface area contributed by atoms with Crippen molar-refractivity contribution in [2.45, 2.75) is 41.0 Å². The summed E-state index contributed by atoms with van der Waals surface area (Å²) in [5.74, 6) is -0.768. The molecular formula is C10H18O3. The van der Waals surface area contributed by atoms with Crippen LogP contribution in [0.25, 0.3) is 0 Å². The van der Waals surface area contributed by atoms with Gasteiger partial charge in [0.1, 0.15) is 0 Å². The Morgan fingerprint density at radius 2 is 1.85 bits per heavy atom. The van der Waals surface area contributed by atoms with Crippen molar-refractivity contribution in [3.8, 4) is 0 Å². The van der Waals surface area contributed by atoms with Crippen molar-refractivity contribution in [3.05, 3.63) is 0 Å². The van der Waals surface area contributed by atoms with Crippen LogP contribution in [0.2, 0.25) is 0 Å². The van der Waals surface area contributed by atoms with Gasteiger partial charge in [-0.1, -0.05) is 20.3 Å². The quantitative estimate of drug-likeness (QED) is 0.501. The van der Waals surface area contributed by atoms with Gasteiger partial charge in [-0.25, -0.2) is 0 Å². The summed E-state index contributed by atoms with van der Waals surface area (Å²) in [6.07, 6.45) is 0.889. The van der Waals surface area contributed by atoms with Crippen molar-refractivity contribution < 1.29 is 14.3 Å². The molecule has 0 heterocycles. The summed E-state index contributed by atoms with van der Waals surface area (Å²) < 4.78 is 4.56. The third kappa shape index (κ3) is 3.17. The Bertz CT molecular complexity index is 206. The molecule has 0 radical (unpaired) electrons. The minimum atomic E-state index is -0.583. The topological polar surface area (TPSA) is 43.4 Å². The summed E-state index contributed by atoms with van der Waals surface area (Å²) in [6, 6.07) is 0. The molecule has 0 saturated carbocycles. The average Bonchev–Trinajstić information content (AvgIpc) is 2.01. The molecule has 0 rings (SSSR count). The predicted octanol–water partition coefficient (Wildman–Crippen LogP) is 2.15. The number of carbonyl (C=O) groups excluding carboxylic acids is 2. The molecule has 3 heteroatoms. The SMILES string of the molecule is CCC(C)C(C)(C)C(=O)OC(C)=O. The van der Waals surface area contributed by atoms with Crippen LogP contribution in [0.15, 0.2) is 0 Å². The number of carbonyl (C=O) groups is 2. The van der Waals surface area contributed by atoms with Gasteiger partial charge in [-0.05, 0) is 19.8 Å². The van der Waals surface area contributed by atoms with Crippen LogP contribution in [0.1, 0.15) is 41.0 Å². The summed E-state index contributed by atoms with van der Waals surface area (Å²) in [7, 11) is 0. The molecule has 0 aliphatic rings. The highest BCUT2D eigenvalue weighted by Gasteiger charge is 2.35. The lowest BCUT2D eigenvalue weighted by atomic mass is 9.78. The van der Waals surface area contributed by atoms with E-state index >= 15 is 0 Å². The first-order valence-corrected chi connectivity index (χ1v) is 4.55. The number of hydrogen-bond donors (Lipinski definition) is 0. The van der Waals surface area contributed by atoms with Gasteiger partial charge in [-0.3, -0.25) is 9.59 Å². The van der Waals surface area contributed by atoms with E-state index in [-0.39, 0.29) is 5.92 Å². The summed E-state index contributed by atoms with van der Waals surface area (Å²) in [4.78, 5) is 22.0. The van der Waals surface area contributed by atoms with Gasteiger partial charge in [0.25, 0.3) is 0 Å². The molecule has 13 heavy (non-hydrogen) atoms. The number of hydrogen-bond acceptors (Lipinski definition) is 3. The van der Waals surface area contributed by atoms with Crippen LogP contribution in [0.4, 0.5) is 0 Å². The minimum absolute atomic E-state index is 0.208. The Balaban J connectivity index is 4.44. The van der Waals surface area contributed by atoms with Crippen molar-refractivity contribution >= 4 is 11.9 Å². The summed E-state index contributed by atoms with van der Waals surface area (Å²) in [5, 5.41) is 0. The van der Waals surface area contributed by atoms with E-state index in [4.69, 9.17) is 0 Å². The fourth-order valence-electron chi connectivity index (χ4n) is 0.974. The molecule has 0 aromatic carbocycles. The zero-order chi connectivity index (χ0) is 10.6. The number of esters is 2. The van der Waals surface area contributed by atoms with E-state index in [1.165, 1.54) is 6.92 Å². The van der Waals surface area contributed by atoms with Gasteiger partial charge in [-0.2, -0.15) is 0 Å². The second-order valence-electron chi connectivity index (χ2n) is 3.91. The zero-order valence-electron chi connectivity index (χ0n) is 9.01. The van der Waals surface area contributed by atoms with Gasteiger partial charge < -0.3 is 4.74 Å². The van der Waals surface area contributed by atoms with Crippen molar-refractivity contribution in [2.75, 3.05) is 0 Å². The number of ether oxygens (including phenoxy) is 1. The molecule has 0 amide bonds. The highest BCUT2D eigenvalue weighted by Crippen LogP contribution is 2.30. The van der Waals surface area contributed by atoms with Crippen molar-refractivity contribution in [1.29, 1.82) is 0 Å². The average molecular weight is 186 g/mol. The van der Waals surface area contributed by atoms with Crippen molar-refractivity contribution in [1.82, 2.24) is 0 Å². The van der Waals surface area contributed by atoms with Gasteiger partial charge in [0.15, 0.2) is 0 Å². The van der Waals surface area contributed by atoms with Crippen LogP contribution in [-0.4, -0.2) is 11.9 Å². The Hall–Kier alpha value is -0.860. The highest BCUT2D eigenvalue weighted by molar-refractivity contribution is 5.87. The molecule has 0 aliphatic carbocycles. The molecule has 1 atom stereocenters. The fourth-order valence-corrected chi connectivity index (χ4v) is 0.974. The molecule has 76 valence electrons. The maximum atomic E-state index is 11.4. The highest BCUT2D eigenvalue weighted by atomic mass is 16.6. The van der Waals surface area contributed by atoms with Crippen LogP contribution in [0.5, 0.6) is 0 Å².